The molecule has 0 aliphatic carbocycles. The van der Waals surface area contributed by atoms with Crippen molar-refractivity contribution in [3.63, 3.8) is 0 Å². The largest absolute Gasteiger partial charge is 0.493 e. The summed E-state index contributed by atoms with van der Waals surface area (Å²) in [5, 5.41) is 12.0. The van der Waals surface area contributed by atoms with Gasteiger partial charge in [-0.3, -0.25) is 4.79 Å². The number of rotatable bonds is 8. The summed E-state index contributed by atoms with van der Waals surface area (Å²) in [4.78, 5) is 24.1. The molecule has 0 bridgehead atoms. The van der Waals surface area contributed by atoms with Crippen molar-refractivity contribution in [2.24, 2.45) is 5.92 Å². The molecule has 0 radical (unpaired) electrons. The zero-order valence-electron chi connectivity index (χ0n) is 16.8. The maximum atomic E-state index is 12.4. The molecule has 0 fully saturated rings. The number of ether oxygens (including phenoxy) is 2. The molecule has 1 N–H and O–H groups in total. The van der Waals surface area contributed by atoms with Gasteiger partial charge in [0.25, 0.3) is 5.91 Å². The molecule has 0 spiro atoms. The van der Waals surface area contributed by atoms with E-state index in [9.17, 15) is 14.9 Å². The SMILES string of the molecule is CCOC(=O)c1ccc(NC(=O)/C(C#N)=C/c2ccc(OCC(C)C)cc2)cc1. The van der Waals surface area contributed by atoms with E-state index in [0.717, 1.165) is 5.75 Å². The number of nitrogens with zero attached hydrogens (tertiary/aromatic N) is 1. The van der Waals surface area contributed by atoms with Gasteiger partial charge in [0.15, 0.2) is 0 Å². The number of hydrogen-bond acceptors (Lipinski definition) is 5. The lowest BCUT2D eigenvalue weighted by Gasteiger charge is -2.08. The molecule has 0 heterocycles. The van der Waals surface area contributed by atoms with Crippen LogP contribution in [-0.2, 0) is 9.53 Å². The molecule has 2 rings (SSSR count). The van der Waals surface area contributed by atoms with Crippen molar-refractivity contribution in [2.75, 3.05) is 18.5 Å². The number of esters is 1. The quantitative estimate of drug-likeness (QED) is 0.407. The highest BCUT2D eigenvalue weighted by atomic mass is 16.5. The van der Waals surface area contributed by atoms with Crippen molar-refractivity contribution in [3.8, 4) is 11.8 Å². The van der Waals surface area contributed by atoms with Crippen LogP contribution in [0.25, 0.3) is 6.08 Å². The molecule has 2 aromatic carbocycles. The monoisotopic (exact) mass is 392 g/mol. The van der Waals surface area contributed by atoms with Gasteiger partial charge in [0, 0.05) is 5.69 Å². The smallest absolute Gasteiger partial charge is 0.338 e. The minimum absolute atomic E-state index is 0.0321. The second-order valence-corrected chi connectivity index (χ2v) is 6.70. The normalized spacial score (nSPS) is 10.9. The van der Waals surface area contributed by atoms with Gasteiger partial charge in [-0.2, -0.15) is 5.26 Å². The molecule has 150 valence electrons. The highest BCUT2D eigenvalue weighted by Crippen LogP contribution is 2.17. The van der Waals surface area contributed by atoms with Crippen LogP contribution in [0.15, 0.2) is 54.1 Å². The van der Waals surface area contributed by atoms with Crippen molar-refractivity contribution in [1.82, 2.24) is 0 Å². The van der Waals surface area contributed by atoms with Crippen LogP contribution in [0.3, 0.4) is 0 Å². The number of carbonyl (C=O) groups excluding carboxylic acids is 2. The number of benzene rings is 2. The molecule has 6 nitrogen and oxygen atoms in total. The van der Waals surface area contributed by atoms with Crippen LogP contribution in [0.1, 0.15) is 36.7 Å². The summed E-state index contributed by atoms with van der Waals surface area (Å²) in [6.45, 7) is 6.78. The summed E-state index contributed by atoms with van der Waals surface area (Å²) in [6.07, 6.45) is 1.51. The molecule has 0 saturated carbocycles. The number of anilines is 1. The molecular formula is C23H24N2O4. The van der Waals surface area contributed by atoms with E-state index < -0.39 is 11.9 Å². The molecule has 0 aliphatic heterocycles. The first-order chi connectivity index (χ1) is 13.9. The van der Waals surface area contributed by atoms with Gasteiger partial charge in [-0.15, -0.1) is 0 Å². The minimum atomic E-state index is -0.531. The lowest BCUT2D eigenvalue weighted by Crippen LogP contribution is -2.13. The molecule has 1 amide bonds. The standard InChI is InChI=1S/C23H24N2O4/c1-4-28-23(27)18-7-9-20(10-8-18)25-22(26)19(14-24)13-17-5-11-21(12-6-17)29-15-16(2)3/h5-13,16H,4,15H2,1-3H3,(H,25,26)/b19-13+. The Morgan fingerprint density at radius 2 is 1.76 bits per heavy atom. The van der Waals surface area contributed by atoms with Gasteiger partial charge in [0.1, 0.15) is 17.4 Å². The van der Waals surface area contributed by atoms with Gasteiger partial charge in [-0.05, 0) is 60.9 Å². The van der Waals surface area contributed by atoms with Crippen molar-refractivity contribution in [3.05, 3.63) is 65.2 Å². The Labute approximate surface area is 170 Å². The number of amides is 1. The maximum absolute atomic E-state index is 12.4. The Balaban J connectivity index is 2.04. The molecule has 6 heteroatoms. The van der Waals surface area contributed by atoms with Crippen LogP contribution in [0, 0.1) is 17.2 Å². The summed E-state index contributed by atoms with van der Waals surface area (Å²) in [6, 6.07) is 15.4. The van der Waals surface area contributed by atoms with Gasteiger partial charge in [-0.1, -0.05) is 26.0 Å². The van der Waals surface area contributed by atoms with E-state index in [1.807, 2.05) is 6.07 Å². The van der Waals surface area contributed by atoms with Crippen LogP contribution in [0.4, 0.5) is 5.69 Å². The molecule has 0 unspecified atom stereocenters. The Bertz CT molecular complexity index is 907. The molecule has 0 aliphatic rings. The van der Waals surface area contributed by atoms with Crippen LogP contribution < -0.4 is 10.1 Å². The minimum Gasteiger partial charge on any atom is -0.493 e. The highest BCUT2D eigenvalue weighted by Gasteiger charge is 2.11. The van der Waals surface area contributed by atoms with Crippen LogP contribution in [-0.4, -0.2) is 25.1 Å². The number of carbonyl (C=O) groups is 2. The van der Waals surface area contributed by atoms with Gasteiger partial charge in [0.05, 0.1) is 18.8 Å². The van der Waals surface area contributed by atoms with E-state index in [1.165, 1.54) is 6.08 Å². The number of nitrogens with one attached hydrogen (secondary N) is 1. The van der Waals surface area contributed by atoms with Crippen molar-refractivity contribution >= 4 is 23.6 Å². The fourth-order valence-corrected chi connectivity index (χ4v) is 2.34. The Hall–Kier alpha value is -3.59. The Kier molecular flexibility index (Phi) is 7.99. The Morgan fingerprint density at radius 1 is 1.10 bits per heavy atom. The van der Waals surface area contributed by atoms with Crippen molar-refractivity contribution in [2.45, 2.75) is 20.8 Å². The van der Waals surface area contributed by atoms with Crippen molar-refractivity contribution < 1.29 is 19.1 Å². The summed E-state index contributed by atoms with van der Waals surface area (Å²) in [5.41, 5.74) is 1.55. The lowest BCUT2D eigenvalue weighted by molar-refractivity contribution is -0.112. The average molecular weight is 392 g/mol. The number of hydrogen-bond donors (Lipinski definition) is 1. The third-order valence-electron chi connectivity index (χ3n) is 3.79. The van der Waals surface area contributed by atoms with Crippen LogP contribution in [0.2, 0.25) is 0 Å². The first kappa shape index (κ1) is 21.7. The number of nitriles is 1. The second-order valence-electron chi connectivity index (χ2n) is 6.70. The van der Waals surface area contributed by atoms with Gasteiger partial charge in [-0.25, -0.2) is 4.79 Å². The van der Waals surface area contributed by atoms with Crippen LogP contribution in [0.5, 0.6) is 5.75 Å². The van der Waals surface area contributed by atoms with E-state index in [-0.39, 0.29) is 5.57 Å². The zero-order valence-corrected chi connectivity index (χ0v) is 16.8. The van der Waals surface area contributed by atoms with E-state index in [4.69, 9.17) is 9.47 Å². The first-order valence-corrected chi connectivity index (χ1v) is 9.36. The Morgan fingerprint density at radius 3 is 2.31 bits per heavy atom. The summed E-state index contributed by atoms with van der Waals surface area (Å²) in [5.74, 6) is 0.204. The van der Waals surface area contributed by atoms with Gasteiger partial charge < -0.3 is 14.8 Å². The molecular weight excluding hydrogens is 368 g/mol. The lowest BCUT2D eigenvalue weighted by atomic mass is 10.1. The predicted octanol–water partition coefficient (Wildman–Crippen LogP) is 4.44. The molecule has 0 saturated heterocycles. The fraction of sp³-hybridized carbons (Fsp3) is 0.261. The highest BCUT2D eigenvalue weighted by molar-refractivity contribution is 6.09. The third kappa shape index (κ3) is 6.82. The fourth-order valence-electron chi connectivity index (χ4n) is 2.34. The second kappa shape index (κ2) is 10.7. The molecule has 0 atom stereocenters. The van der Waals surface area contributed by atoms with E-state index in [1.54, 1.807) is 55.5 Å². The predicted molar refractivity (Wildman–Crippen MR) is 111 cm³/mol. The maximum Gasteiger partial charge on any atom is 0.338 e. The molecule has 0 aromatic heterocycles. The summed E-state index contributed by atoms with van der Waals surface area (Å²) in [7, 11) is 0. The third-order valence-corrected chi connectivity index (χ3v) is 3.79. The molecule has 29 heavy (non-hydrogen) atoms. The van der Waals surface area contributed by atoms with E-state index in [0.29, 0.717) is 35.9 Å². The summed E-state index contributed by atoms with van der Waals surface area (Å²) >= 11 is 0. The van der Waals surface area contributed by atoms with Crippen LogP contribution >= 0.6 is 0 Å². The van der Waals surface area contributed by atoms with Crippen molar-refractivity contribution in [1.29, 1.82) is 5.26 Å². The first-order valence-electron chi connectivity index (χ1n) is 9.36. The van der Waals surface area contributed by atoms with Gasteiger partial charge in [0.2, 0.25) is 0 Å². The molecule has 2 aromatic rings. The zero-order chi connectivity index (χ0) is 21.2. The van der Waals surface area contributed by atoms with E-state index in [2.05, 4.69) is 19.2 Å². The topological polar surface area (TPSA) is 88.4 Å². The average Bonchev–Trinajstić information content (AvgIpc) is 2.72. The summed E-state index contributed by atoms with van der Waals surface area (Å²) < 4.78 is 10.5. The van der Waals surface area contributed by atoms with E-state index >= 15 is 0 Å². The van der Waals surface area contributed by atoms with Gasteiger partial charge >= 0.3 is 5.97 Å².